The Balaban J connectivity index is 1.50. The Morgan fingerprint density at radius 3 is 2.27 bits per heavy atom. The molecule has 0 bridgehead atoms. The summed E-state index contributed by atoms with van der Waals surface area (Å²) in [4.78, 5) is 30.4. The third-order valence-electron chi connectivity index (χ3n) is 9.57. The Kier molecular flexibility index (Phi) is 7.54. The summed E-state index contributed by atoms with van der Waals surface area (Å²) in [6, 6.07) is 25.0. The molecule has 1 saturated heterocycles. The fourth-order valence-electron chi connectivity index (χ4n) is 7.02. The molecule has 6 rings (SSSR count). The van der Waals surface area contributed by atoms with Crippen molar-refractivity contribution in [3.05, 3.63) is 100 Å². The number of carbonyl (C=O) groups is 2. The normalized spacial score (nSPS) is 25.9. The fourth-order valence-corrected chi connectivity index (χ4v) is 7.34. The van der Waals surface area contributed by atoms with Gasteiger partial charge in [-0.25, -0.2) is 0 Å². The Morgan fingerprint density at radius 1 is 0.951 bits per heavy atom. The van der Waals surface area contributed by atoms with Crippen molar-refractivity contribution < 1.29 is 19.1 Å². The maximum absolute atomic E-state index is 15.0. The van der Waals surface area contributed by atoms with Gasteiger partial charge in [-0.2, -0.15) is 0 Å². The average molecular weight is 593 g/mol. The maximum Gasteiger partial charge on any atom is 0.312 e. The first-order chi connectivity index (χ1) is 19.8. The molecule has 1 amide bonds. The number of likely N-dealkylation sites (tertiary alicyclic amines) is 1. The molecule has 3 aromatic carbocycles. The first-order valence-electron chi connectivity index (χ1n) is 14.4. The van der Waals surface area contributed by atoms with Gasteiger partial charge in [-0.3, -0.25) is 9.59 Å². The quantitative estimate of drug-likeness (QED) is 0.237. The van der Waals surface area contributed by atoms with Crippen LogP contribution in [0, 0.1) is 16.7 Å². The molecule has 2 aliphatic carbocycles. The van der Waals surface area contributed by atoms with E-state index in [0.717, 1.165) is 29.7 Å². The summed E-state index contributed by atoms with van der Waals surface area (Å²) < 4.78 is 11.7. The minimum Gasteiger partial charge on any atom is -0.491 e. The number of amides is 1. The third kappa shape index (κ3) is 5.12. The lowest BCUT2D eigenvalue weighted by molar-refractivity contribution is -0.173. The highest BCUT2D eigenvalue weighted by Crippen LogP contribution is 2.67. The Labute approximate surface area is 251 Å². The summed E-state index contributed by atoms with van der Waals surface area (Å²) in [6.07, 6.45) is 3.83. The van der Waals surface area contributed by atoms with Crippen LogP contribution in [0.25, 0.3) is 0 Å². The minimum absolute atomic E-state index is 0.00723. The van der Waals surface area contributed by atoms with Gasteiger partial charge in [0.05, 0.1) is 30.0 Å². The zero-order chi connectivity index (χ0) is 28.8. The largest absolute Gasteiger partial charge is 0.491 e. The fraction of sp³-hybridized carbons (Fsp3) is 0.412. The van der Waals surface area contributed by atoms with Crippen molar-refractivity contribution in [2.45, 2.75) is 57.0 Å². The molecule has 0 spiro atoms. The van der Waals surface area contributed by atoms with Gasteiger partial charge in [-0.1, -0.05) is 65.7 Å². The lowest BCUT2D eigenvalue weighted by atomic mass is 9.61. The van der Waals surface area contributed by atoms with Crippen LogP contribution in [0.15, 0.2) is 78.9 Å². The first kappa shape index (κ1) is 28.1. The SMILES string of the molecule is COC(=O)C1([C@@]2(C)CC(c3cccc(Cl)c3)C(c3ccc(Cl)cc3)N([C@H](COc3ccccc3)C3CC3)C2=O)CC1. The molecule has 0 radical (unpaired) electrons. The summed E-state index contributed by atoms with van der Waals surface area (Å²) in [5.41, 5.74) is 0.256. The molecule has 1 heterocycles. The van der Waals surface area contributed by atoms with Crippen LogP contribution < -0.4 is 4.74 Å². The number of piperidine rings is 1. The zero-order valence-corrected chi connectivity index (χ0v) is 24.9. The number of hydrogen-bond acceptors (Lipinski definition) is 4. The van der Waals surface area contributed by atoms with Crippen LogP contribution in [0.2, 0.25) is 10.0 Å². The number of esters is 1. The molecule has 214 valence electrons. The molecule has 3 aromatic rings. The molecule has 0 N–H and O–H groups in total. The number of carbonyl (C=O) groups excluding carboxylic acids is 2. The molecular formula is C34H35Cl2NO4. The molecule has 3 fully saturated rings. The van der Waals surface area contributed by atoms with Crippen molar-refractivity contribution in [3.63, 3.8) is 0 Å². The maximum atomic E-state index is 15.0. The molecule has 2 saturated carbocycles. The zero-order valence-electron chi connectivity index (χ0n) is 23.4. The van der Waals surface area contributed by atoms with Gasteiger partial charge >= 0.3 is 5.97 Å². The molecule has 3 aliphatic rings. The summed E-state index contributed by atoms with van der Waals surface area (Å²) in [6.45, 7) is 2.35. The highest BCUT2D eigenvalue weighted by Gasteiger charge is 2.70. The highest BCUT2D eigenvalue weighted by atomic mass is 35.5. The van der Waals surface area contributed by atoms with E-state index in [1.807, 2.05) is 79.7 Å². The van der Waals surface area contributed by atoms with Crippen LogP contribution in [0.3, 0.4) is 0 Å². The predicted molar refractivity (Wildman–Crippen MR) is 160 cm³/mol. The van der Waals surface area contributed by atoms with Gasteiger partial charge in [0.2, 0.25) is 5.91 Å². The van der Waals surface area contributed by atoms with E-state index in [2.05, 4.69) is 11.0 Å². The van der Waals surface area contributed by atoms with Gasteiger partial charge < -0.3 is 14.4 Å². The van der Waals surface area contributed by atoms with Crippen molar-refractivity contribution in [1.82, 2.24) is 4.90 Å². The number of para-hydroxylation sites is 1. The average Bonchev–Trinajstić information content (AvgIpc) is 3.91. The number of benzene rings is 3. The smallest absolute Gasteiger partial charge is 0.312 e. The van der Waals surface area contributed by atoms with E-state index in [1.54, 1.807) is 0 Å². The van der Waals surface area contributed by atoms with E-state index in [4.69, 9.17) is 32.7 Å². The van der Waals surface area contributed by atoms with Crippen molar-refractivity contribution >= 4 is 35.1 Å². The van der Waals surface area contributed by atoms with Crippen LogP contribution in [-0.2, 0) is 14.3 Å². The van der Waals surface area contributed by atoms with Gasteiger partial charge in [0, 0.05) is 16.0 Å². The molecule has 7 heteroatoms. The van der Waals surface area contributed by atoms with Gasteiger partial charge in [-0.15, -0.1) is 0 Å². The van der Waals surface area contributed by atoms with E-state index in [-0.39, 0.29) is 29.9 Å². The van der Waals surface area contributed by atoms with E-state index in [0.29, 0.717) is 41.8 Å². The molecule has 4 atom stereocenters. The topological polar surface area (TPSA) is 55.8 Å². The summed E-state index contributed by atoms with van der Waals surface area (Å²) in [7, 11) is 1.42. The summed E-state index contributed by atoms with van der Waals surface area (Å²) in [5.74, 6) is 0.664. The second kappa shape index (κ2) is 11.0. The van der Waals surface area contributed by atoms with E-state index < -0.39 is 10.8 Å². The van der Waals surface area contributed by atoms with Crippen molar-refractivity contribution in [2.75, 3.05) is 13.7 Å². The molecular weight excluding hydrogens is 557 g/mol. The molecule has 2 unspecified atom stereocenters. The number of nitrogens with zero attached hydrogens (tertiary/aromatic N) is 1. The Bertz CT molecular complexity index is 1420. The first-order valence-corrected chi connectivity index (χ1v) is 15.1. The number of hydrogen-bond donors (Lipinski definition) is 0. The van der Waals surface area contributed by atoms with Crippen LogP contribution in [0.1, 0.15) is 62.1 Å². The van der Waals surface area contributed by atoms with Crippen LogP contribution >= 0.6 is 23.2 Å². The van der Waals surface area contributed by atoms with Gasteiger partial charge in [0.25, 0.3) is 0 Å². The second-order valence-corrected chi connectivity index (χ2v) is 12.9. The number of ether oxygens (including phenoxy) is 2. The highest BCUT2D eigenvalue weighted by molar-refractivity contribution is 6.30. The van der Waals surface area contributed by atoms with Crippen LogP contribution in [-0.4, -0.2) is 36.5 Å². The number of methoxy groups -OCH3 is 1. The summed E-state index contributed by atoms with van der Waals surface area (Å²) >= 11 is 12.9. The third-order valence-corrected chi connectivity index (χ3v) is 10.1. The van der Waals surface area contributed by atoms with Gasteiger partial charge in [0.15, 0.2) is 0 Å². The molecule has 1 aliphatic heterocycles. The number of halogens is 2. The molecule has 0 aromatic heterocycles. The van der Waals surface area contributed by atoms with Crippen molar-refractivity contribution in [1.29, 1.82) is 0 Å². The van der Waals surface area contributed by atoms with Crippen molar-refractivity contribution in [3.8, 4) is 5.75 Å². The lowest BCUT2D eigenvalue weighted by Crippen LogP contribution is -2.61. The van der Waals surface area contributed by atoms with Gasteiger partial charge in [0.1, 0.15) is 12.4 Å². The summed E-state index contributed by atoms with van der Waals surface area (Å²) in [5, 5.41) is 1.28. The van der Waals surface area contributed by atoms with E-state index in [1.165, 1.54) is 7.11 Å². The van der Waals surface area contributed by atoms with Crippen molar-refractivity contribution in [2.24, 2.45) is 16.7 Å². The Morgan fingerprint density at radius 2 is 1.66 bits per heavy atom. The number of rotatable bonds is 9. The lowest BCUT2D eigenvalue weighted by Gasteiger charge is -2.54. The molecule has 41 heavy (non-hydrogen) atoms. The second-order valence-electron chi connectivity index (χ2n) is 12.0. The van der Waals surface area contributed by atoms with Crippen LogP contribution in [0.5, 0.6) is 5.75 Å². The van der Waals surface area contributed by atoms with E-state index >= 15 is 4.79 Å². The molecule has 5 nitrogen and oxygen atoms in total. The standard InChI is InChI=1S/C34H35Cl2NO4/c1-33(34(17-18-34)32(39)40-2)20-28(24-7-6-8-26(36)19-24)30(23-13-15-25(35)16-14-23)37(31(33)38)29(22-11-12-22)21-41-27-9-4-3-5-10-27/h3-10,13-16,19,22,28-30H,11-12,17-18,20-21H2,1-2H3/t28?,29-,30?,33+/m1/s1. The van der Waals surface area contributed by atoms with Crippen LogP contribution in [0.4, 0.5) is 0 Å². The Hall–Kier alpha value is -3.02. The predicted octanol–water partition coefficient (Wildman–Crippen LogP) is 7.87. The van der Waals surface area contributed by atoms with E-state index in [9.17, 15) is 4.79 Å². The monoisotopic (exact) mass is 591 g/mol. The van der Waals surface area contributed by atoms with Gasteiger partial charge in [-0.05, 0) is 92.5 Å². The minimum atomic E-state index is -0.949.